The van der Waals surface area contributed by atoms with Crippen molar-refractivity contribution >= 4 is 21.6 Å². The Balaban J connectivity index is 1.59. The minimum absolute atomic E-state index is 0.429. The van der Waals surface area contributed by atoms with Crippen molar-refractivity contribution in [3.8, 4) is 5.75 Å². The van der Waals surface area contributed by atoms with E-state index in [0.717, 1.165) is 25.2 Å². The van der Waals surface area contributed by atoms with Crippen molar-refractivity contribution in [3.05, 3.63) is 57.6 Å². The summed E-state index contributed by atoms with van der Waals surface area (Å²) in [5, 5.41) is 3.68. The molecule has 1 heterocycles. The third-order valence-corrected chi connectivity index (χ3v) is 4.71. The third-order valence-electron chi connectivity index (χ3n) is 4.21. The zero-order valence-corrected chi connectivity index (χ0v) is 12.7. The van der Waals surface area contributed by atoms with E-state index in [1.165, 1.54) is 33.3 Å². The highest BCUT2D eigenvalue weighted by Gasteiger charge is 2.22. The van der Waals surface area contributed by atoms with Crippen molar-refractivity contribution in [3.63, 3.8) is 0 Å². The monoisotopic (exact) mass is 329 g/mol. The maximum atomic E-state index is 5.56. The van der Waals surface area contributed by atoms with E-state index in [2.05, 4.69) is 57.6 Å². The molecule has 1 aliphatic heterocycles. The Bertz CT molecular complexity index is 668. The summed E-state index contributed by atoms with van der Waals surface area (Å²) < 4.78 is 6.73. The predicted octanol–water partition coefficient (Wildman–Crippen LogP) is 4.48. The summed E-state index contributed by atoms with van der Waals surface area (Å²) in [7, 11) is 0. The van der Waals surface area contributed by atoms with Crippen LogP contribution in [0.4, 0.5) is 5.69 Å². The number of fused-ring (bicyclic) bond motifs is 2. The van der Waals surface area contributed by atoms with Crippen LogP contribution in [0.15, 0.2) is 40.9 Å². The lowest BCUT2D eigenvalue weighted by Crippen LogP contribution is -2.07. The molecule has 1 aliphatic carbocycles. The average molecular weight is 330 g/mol. The van der Waals surface area contributed by atoms with Crippen LogP contribution in [0.25, 0.3) is 0 Å². The van der Waals surface area contributed by atoms with E-state index in [-0.39, 0.29) is 0 Å². The first kappa shape index (κ1) is 12.3. The second-order valence-electron chi connectivity index (χ2n) is 5.50. The van der Waals surface area contributed by atoms with Crippen LogP contribution in [0.3, 0.4) is 0 Å². The number of aryl methyl sites for hydroxylation is 1. The number of rotatable bonds is 2. The summed E-state index contributed by atoms with van der Waals surface area (Å²) in [5.41, 5.74) is 5.42. The Morgan fingerprint density at radius 2 is 2.00 bits per heavy atom. The number of hydrogen-bond donors (Lipinski definition) is 1. The number of benzene rings is 2. The molecule has 4 rings (SSSR count). The molecule has 0 spiro atoms. The number of nitrogens with one attached hydrogen (secondary N) is 1. The third kappa shape index (κ3) is 2.10. The van der Waals surface area contributed by atoms with E-state index in [1.807, 2.05) is 0 Å². The van der Waals surface area contributed by atoms with Gasteiger partial charge in [-0.25, -0.2) is 0 Å². The van der Waals surface area contributed by atoms with Gasteiger partial charge in [0.15, 0.2) is 0 Å². The first-order chi connectivity index (χ1) is 9.79. The first-order valence-electron chi connectivity index (χ1n) is 7.10. The summed E-state index contributed by atoms with van der Waals surface area (Å²) in [6.45, 7) is 0.819. The van der Waals surface area contributed by atoms with Crippen molar-refractivity contribution < 1.29 is 4.74 Å². The van der Waals surface area contributed by atoms with Crippen LogP contribution in [0, 0.1) is 0 Å². The lowest BCUT2D eigenvalue weighted by Gasteiger charge is -2.16. The molecule has 1 N–H and O–H groups in total. The molecule has 3 heteroatoms. The van der Waals surface area contributed by atoms with E-state index in [0.29, 0.717) is 6.04 Å². The topological polar surface area (TPSA) is 21.3 Å². The molecule has 1 atom stereocenters. The van der Waals surface area contributed by atoms with Gasteiger partial charge in [0.1, 0.15) is 5.75 Å². The Labute approximate surface area is 127 Å². The lowest BCUT2D eigenvalue weighted by atomic mass is 10.1. The Hall–Kier alpha value is -1.48. The molecule has 0 bridgehead atoms. The summed E-state index contributed by atoms with van der Waals surface area (Å²) >= 11 is 3.55. The number of halogens is 1. The quantitative estimate of drug-likeness (QED) is 0.876. The van der Waals surface area contributed by atoms with Crippen LogP contribution in [-0.2, 0) is 12.8 Å². The smallest absolute Gasteiger partial charge is 0.122 e. The normalized spacial score (nSPS) is 19.4. The lowest BCUT2D eigenvalue weighted by molar-refractivity contribution is 0.357. The van der Waals surface area contributed by atoms with E-state index in [4.69, 9.17) is 4.74 Å². The van der Waals surface area contributed by atoms with Gasteiger partial charge in [0, 0.05) is 16.6 Å². The van der Waals surface area contributed by atoms with E-state index in [1.54, 1.807) is 0 Å². The standard InChI is InChI=1S/C17H16BrNO/c18-13-2-4-15-11(9-13)1-5-16(15)19-14-3-6-17-12(10-14)7-8-20-17/h2-4,6,9-10,16,19H,1,5,7-8H2. The van der Waals surface area contributed by atoms with Crippen LogP contribution in [0.1, 0.15) is 29.2 Å². The van der Waals surface area contributed by atoms with Gasteiger partial charge in [-0.15, -0.1) is 0 Å². The number of ether oxygens (including phenoxy) is 1. The summed E-state index contributed by atoms with van der Waals surface area (Å²) in [5.74, 6) is 1.05. The van der Waals surface area contributed by atoms with Crippen molar-refractivity contribution in [2.75, 3.05) is 11.9 Å². The van der Waals surface area contributed by atoms with Gasteiger partial charge in [-0.05, 0) is 59.9 Å². The van der Waals surface area contributed by atoms with Crippen LogP contribution < -0.4 is 10.1 Å². The maximum Gasteiger partial charge on any atom is 0.122 e. The van der Waals surface area contributed by atoms with Crippen LogP contribution >= 0.6 is 15.9 Å². The molecule has 0 fully saturated rings. The van der Waals surface area contributed by atoms with Gasteiger partial charge in [0.05, 0.1) is 12.6 Å². The molecular weight excluding hydrogens is 314 g/mol. The minimum atomic E-state index is 0.429. The minimum Gasteiger partial charge on any atom is -0.493 e. The van der Waals surface area contributed by atoms with Crippen LogP contribution in [0.2, 0.25) is 0 Å². The molecule has 20 heavy (non-hydrogen) atoms. The Morgan fingerprint density at radius 1 is 1.05 bits per heavy atom. The van der Waals surface area contributed by atoms with Crippen molar-refractivity contribution in [1.29, 1.82) is 0 Å². The molecule has 102 valence electrons. The van der Waals surface area contributed by atoms with Crippen LogP contribution in [0.5, 0.6) is 5.75 Å². The molecule has 2 aromatic rings. The molecule has 2 aromatic carbocycles. The first-order valence-corrected chi connectivity index (χ1v) is 7.89. The Kier molecular flexibility index (Phi) is 2.95. The van der Waals surface area contributed by atoms with Gasteiger partial charge < -0.3 is 10.1 Å². The largest absolute Gasteiger partial charge is 0.493 e. The Morgan fingerprint density at radius 3 is 2.95 bits per heavy atom. The highest BCUT2D eigenvalue weighted by Crippen LogP contribution is 2.36. The maximum absolute atomic E-state index is 5.56. The second-order valence-corrected chi connectivity index (χ2v) is 6.42. The van der Waals surface area contributed by atoms with E-state index in [9.17, 15) is 0 Å². The summed E-state index contributed by atoms with van der Waals surface area (Å²) in [4.78, 5) is 0. The van der Waals surface area contributed by atoms with E-state index >= 15 is 0 Å². The fourth-order valence-electron chi connectivity index (χ4n) is 3.21. The highest BCUT2D eigenvalue weighted by molar-refractivity contribution is 9.10. The zero-order valence-electron chi connectivity index (χ0n) is 11.2. The fourth-order valence-corrected chi connectivity index (χ4v) is 3.62. The summed E-state index contributed by atoms with van der Waals surface area (Å²) in [6, 6.07) is 13.5. The SMILES string of the molecule is Brc1ccc2c(c1)CCC2Nc1ccc2c(c1)CCO2. The zero-order chi connectivity index (χ0) is 13.5. The predicted molar refractivity (Wildman–Crippen MR) is 84.5 cm³/mol. The van der Waals surface area contributed by atoms with Crippen molar-refractivity contribution in [2.45, 2.75) is 25.3 Å². The molecule has 0 saturated heterocycles. The van der Waals surface area contributed by atoms with Gasteiger partial charge in [-0.3, -0.25) is 0 Å². The second kappa shape index (κ2) is 4.81. The van der Waals surface area contributed by atoms with Crippen molar-refractivity contribution in [1.82, 2.24) is 0 Å². The molecule has 0 amide bonds. The van der Waals surface area contributed by atoms with Gasteiger partial charge >= 0.3 is 0 Å². The van der Waals surface area contributed by atoms with Gasteiger partial charge in [-0.2, -0.15) is 0 Å². The highest BCUT2D eigenvalue weighted by atomic mass is 79.9. The molecule has 0 aromatic heterocycles. The van der Waals surface area contributed by atoms with E-state index < -0.39 is 0 Å². The summed E-state index contributed by atoms with van der Waals surface area (Å²) in [6.07, 6.45) is 3.35. The van der Waals surface area contributed by atoms with Gasteiger partial charge in [0.2, 0.25) is 0 Å². The molecule has 0 saturated carbocycles. The molecule has 0 radical (unpaired) electrons. The van der Waals surface area contributed by atoms with Crippen molar-refractivity contribution in [2.24, 2.45) is 0 Å². The fraction of sp³-hybridized carbons (Fsp3) is 0.294. The number of anilines is 1. The average Bonchev–Trinajstić information content (AvgIpc) is 3.05. The molecule has 2 aliphatic rings. The van der Waals surface area contributed by atoms with Gasteiger partial charge in [0.25, 0.3) is 0 Å². The molecular formula is C17H16BrNO. The molecule has 1 unspecified atom stereocenters. The molecule has 2 nitrogen and oxygen atoms in total. The van der Waals surface area contributed by atoms with Gasteiger partial charge in [-0.1, -0.05) is 22.0 Å². The van der Waals surface area contributed by atoms with Crippen LogP contribution in [-0.4, -0.2) is 6.61 Å². The number of hydrogen-bond acceptors (Lipinski definition) is 2.